The molecule has 2 rings (SSSR count). The standard InChI is InChI=1S/C15H13ClFNO2/c1-10-5-7-11(8-6-10)18-14(19)9-20-15-12(16)3-2-4-13(15)17/h2-8H,9H2,1H3,(H,18,19). The maximum atomic E-state index is 13.4. The third-order valence-electron chi connectivity index (χ3n) is 2.60. The molecule has 0 unspecified atom stereocenters. The van der Waals surface area contributed by atoms with E-state index >= 15 is 0 Å². The molecule has 1 N–H and O–H groups in total. The van der Waals surface area contributed by atoms with E-state index in [2.05, 4.69) is 5.32 Å². The van der Waals surface area contributed by atoms with E-state index < -0.39 is 5.82 Å². The molecule has 0 atom stereocenters. The molecule has 3 nitrogen and oxygen atoms in total. The number of carbonyl (C=O) groups excluding carboxylic acids is 1. The number of carbonyl (C=O) groups is 1. The summed E-state index contributed by atoms with van der Waals surface area (Å²) in [6.07, 6.45) is 0. The summed E-state index contributed by atoms with van der Waals surface area (Å²) in [6, 6.07) is 11.5. The van der Waals surface area contributed by atoms with Crippen LogP contribution < -0.4 is 10.1 Å². The first-order valence-electron chi connectivity index (χ1n) is 5.99. The van der Waals surface area contributed by atoms with Gasteiger partial charge in [0.1, 0.15) is 0 Å². The minimum Gasteiger partial charge on any atom is -0.479 e. The van der Waals surface area contributed by atoms with Gasteiger partial charge in [-0.2, -0.15) is 0 Å². The molecule has 0 bridgehead atoms. The number of nitrogens with one attached hydrogen (secondary N) is 1. The van der Waals surface area contributed by atoms with Crippen molar-refractivity contribution in [1.82, 2.24) is 0 Å². The Hall–Kier alpha value is -2.07. The molecular weight excluding hydrogens is 281 g/mol. The first kappa shape index (κ1) is 14.3. The fourth-order valence-electron chi connectivity index (χ4n) is 1.59. The number of hydrogen-bond donors (Lipinski definition) is 1. The molecule has 20 heavy (non-hydrogen) atoms. The van der Waals surface area contributed by atoms with Crippen molar-refractivity contribution in [2.45, 2.75) is 6.92 Å². The zero-order chi connectivity index (χ0) is 14.5. The maximum Gasteiger partial charge on any atom is 0.262 e. The fraction of sp³-hybridized carbons (Fsp3) is 0.133. The summed E-state index contributed by atoms with van der Waals surface area (Å²) in [5.41, 5.74) is 1.75. The summed E-state index contributed by atoms with van der Waals surface area (Å²) in [5.74, 6) is -1.10. The predicted octanol–water partition coefficient (Wildman–Crippen LogP) is 3.81. The van der Waals surface area contributed by atoms with Crippen LogP contribution in [0.4, 0.5) is 10.1 Å². The summed E-state index contributed by atoms with van der Waals surface area (Å²) in [7, 11) is 0. The van der Waals surface area contributed by atoms with Gasteiger partial charge in [0, 0.05) is 5.69 Å². The number of halogens is 2. The lowest BCUT2D eigenvalue weighted by molar-refractivity contribution is -0.118. The van der Waals surface area contributed by atoms with Crippen LogP contribution in [-0.2, 0) is 4.79 Å². The average Bonchev–Trinajstić information content (AvgIpc) is 2.41. The zero-order valence-corrected chi connectivity index (χ0v) is 11.6. The number of rotatable bonds is 4. The Labute approximate surface area is 121 Å². The van der Waals surface area contributed by atoms with E-state index in [1.807, 2.05) is 19.1 Å². The molecule has 0 heterocycles. The number of hydrogen-bond acceptors (Lipinski definition) is 2. The van der Waals surface area contributed by atoms with E-state index in [1.54, 1.807) is 12.1 Å². The largest absolute Gasteiger partial charge is 0.479 e. The van der Waals surface area contributed by atoms with Crippen molar-refractivity contribution in [3.05, 3.63) is 58.9 Å². The highest BCUT2D eigenvalue weighted by molar-refractivity contribution is 6.32. The second kappa shape index (κ2) is 6.39. The van der Waals surface area contributed by atoms with Crippen molar-refractivity contribution in [2.75, 3.05) is 11.9 Å². The van der Waals surface area contributed by atoms with Gasteiger partial charge in [0.2, 0.25) is 0 Å². The van der Waals surface area contributed by atoms with Crippen molar-refractivity contribution in [1.29, 1.82) is 0 Å². The molecule has 1 amide bonds. The van der Waals surface area contributed by atoms with Crippen LogP contribution in [0.25, 0.3) is 0 Å². The van der Waals surface area contributed by atoms with Gasteiger partial charge in [-0.15, -0.1) is 0 Å². The SMILES string of the molecule is Cc1ccc(NC(=O)COc2c(F)cccc2Cl)cc1. The molecule has 0 aromatic heterocycles. The van der Waals surface area contributed by atoms with Crippen molar-refractivity contribution in [3.8, 4) is 5.75 Å². The third kappa shape index (κ3) is 3.71. The molecular formula is C15H13ClFNO2. The van der Waals surface area contributed by atoms with Crippen LogP contribution in [0.3, 0.4) is 0 Å². The summed E-state index contributed by atoms with van der Waals surface area (Å²) < 4.78 is 18.5. The minimum atomic E-state index is -0.597. The molecule has 0 fully saturated rings. The highest BCUT2D eigenvalue weighted by Gasteiger charge is 2.10. The van der Waals surface area contributed by atoms with E-state index in [9.17, 15) is 9.18 Å². The van der Waals surface area contributed by atoms with Gasteiger partial charge in [0.25, 0.3) is 5.91 Å². The molecule has 2 aromatic rings. The Balaban J connectivity index is 1.94. The molecule has 0 radical (unpaired) electrons. The zero-order valence-electron chi connectivity index (χ0n) is 10.8. The maximum absolute atomic E-state index is 13.4. The van der Waals surface area contributed by atoms with E-state index in [-0.39, 0.29) is 23.3 Å². The van der Waals surface area contributed by atoms with Gasteiger partial charge in [0.05, 0.1) is 5.02 Å². The summed E-state index contributed by atoms with van der Waals surface area (Å²) in [6.45, 7) is 1.64. The minimum absolute atomic E-state index is 0.117. The first-order chi connectivity index (χ1) is 9.56. The van der Waals surface area contributed by atoms with Gasteiger partial charge in [0.15, 0.2) is 18.2 Å². The van der Waals surface area contributed by atoms with Gasteiger partial charge < -0.3 is 10.1 Å². The van der Waals surface area contributed by atoms with Crippen LogP contribution in [0.15, 0.2) is 42.5 Å². The quantitative estimate of drug-likeness (QED) is 0.931. The number of amides is 1. The normalized spacial score (nSPS) is 10.2. The average molecular weight is 294 g/mol. The lowest BCUT2D eigenvalue weighted by atomic mass is 10.2. The van der Waals surface area contributed by atoms with Crippen molar-refractivity contribution < 1.29 is 13.9 Å². The van der Waals surface area contributed by atoms with Crippen LogP contribution in [0.1, 0.15) is 5.56 Å². The lowest BCUT2D eigenvalue weighted by Crippen LogP contribution is -2.20. The van der Waals surface area contributed by atoms with Crippen LogP contribution in [0, 0.1) is 12.7 Å². The molecule has 104 valence electrons. The smallest absolute Gasteiger partial charge is 0.262 e. The Kier molecular flexibility index (Phi) is 4.58. The molecule has 0 aliphatic heterocycles. The highest BCUT2D eigenvalue weighted by atomic mass is 35.5. The lowest BCUT2D eigenvalue weighted by Gasteiger charge is -2.09. The monoisotopic (exact) mass is 293 g/mol. The highest BCUT2D eigenvalue weighted by Crippen LogP contribution is 2.27. The Morgan fingerprint density at radius 2 is 1.95 bits per heavy atom. The second-order valence-electron chi connectivity index (χ2n) is 4.25. The number of benzene rings is 2. The number of para-hydroxylation sites is 1. The van der Waals surface area contributed by atoms with E-state index in [0.717, 1.165) is 5.56 Å². The first-order valence-corrected chi connectivity index (χ1v) is 6.37. The Morgan fingerprint density at radius 1 is 1.25 bits per heavy atom. The summed E-state index contributed by atoms with van der Waals surface area (Å²) in [4.78, 5) is 11.7. The van der Waals surface area contributed by atoms with Gasteiger partial charge in [-0.05, 0) is 31.2 Å². The van der Waals surface area contributed by atoms with Crippen molar-refractivity contribution >= 4 is 23.2 Å². The third-order valence-corrected chi connectivity index (χ3v) is 2.90. The van der Waals surface area contributed by atoms with Gasteiger partial charge in [-0.25, -0.2) is 4.39 Å². The molecule has 0 saturated carbocycles. The van der Waals surface area contributed by atoms with Crippen molar-refractivity contribution in [3.63, 3.8) is 0 Å². The van der Waals surface area contributed by atoms with E-state index in [0.29, 0.717) is 5.69 Å². The summed E-state index contributed by atoms with van der Waals surface area (Å²) in [5, 5.41) is 2.78. The van der Waals surface area contributed by atoms with Crippen molar-refractivity contribution in [2.24, 2.45) is 0 Å². The Morgan fingerprint density at radius 3 is 2.60 bits per heavy atom. The van der Waals surface area contributed by atoms with E-state index in [1.165, 1.54) is 18.2 Å². The van der Waals surface area contributed by atoms with Gasteiger partial charge in [-0.3, -0.25) is 4.79 Å². The van der Waals surface area contributed by atoms with E-state index in [4.69, 9.17) is 16.3 Å². The number of aryl methyl sites for hydroxylation is 1. The molecule has 5 heteroatoms. The van der Waals surface area contributed by atoms with Gasteiger partial charge in [-0.1, -0.05) is 35.4 Å². The Bertz CT molecular complexity index is 594. The molecule has 0 spiro atoms. The molecule has 0 aliphatic carbocycles. The molecule has 0 aliphatic rings. The van der Waals surface area contributed by atoms with Crippen LogP contribution in [-0.4, -0.2) is 12.5 Å². The van der Waals surface area contributed by atoms with Crippen LogP contribution in [0.5, 0.6) is 5.75 Å². The van der Waals surface area contributed by atoms with Crippen LogP contribution in [0.2, 0.25) is 5.02 Å². The number of anilines is 1. The topological polar surface area (TPSA) is 38.3 Å². The second-order valence-corrected chi connectivity index (χ2v) is 4.66. The fourth-order valence-corrected chi connectivity index (χ4v) is 1.81. The van der Waals surface area contributed by atoms with Crippen LogP contribution >= 0.6 is 11.6 Å². The number of ether oxygens (including phenoxy) is 1. The molecule has 2 aromatic carbocycles. The predicted molar refractivity (Wildman–Crippen MR) is 76.7 cm³/mol. The molecule has 0 saturated heterocycles. The van der Waals surface area contributed by atoms with Gasteiger partial charge >= 0.3 is 0 Å². The summed E-state index contributed by atoms with van der Waals surface area (Å²) >= 11 is 5.79.